The predicted molar refractivity (Wildman–Crippen MR) is 35.5 cm³/mol. The molecule has 0 N–H and O–H groups in total. The maximum absolute atomic E-state index is 4.97. The summed E-state index contributed by atoms with van der Waals surface area (Å²) in [5.41, 5.74) is 0. The van der Waals surface area contributed by atoms with Crippen molar-refractivity contribution in [1.82, 2.24) is 0 Å². The first-order chi connectivity index (χ1) is 3.81. The van der Waals surface area contributed by atoms with Gasteiger partial charge in [0.15, 0.2) is 0 Å². The molecule has 0 saturated carbocycles. The lowest BCUT2D eigenvalue weighted by molar-refractivity contribution is 0.202. The van der Waals surface area contributed by atoms with Crippen molar-refractivity contribution in [3.8, 4) is 0 Å². The van der Waals surface area contributed by atoms with Gasteiger partial charge < -0.3 is 4.74 Å². The maximum atomic E-state index is 4.97. The molecule has 0 aromatic carbocycles. The molecule has 0 heterocycles. The van der Waals surface area contributed by atoms with Crippen LogP contribution in [0.4, 0.5) is 0 Å². The number of hydrogen-bond acceptors (Lipinski definition) is 1. The van der Waals surface area contributed by atoms with E-state index in [2.05, 4.69) is 6.92 Å². The standard InChI is InChI=1S/C7H15O/c1-4-5-6-7(2)8-3/h4-6H2,1-3H3. The van der Waals surface area contributed by atoms with Gasteiger partial charge in [0.25, 0.3) is 0 Å². The van der Waals surface area contributed by atoms with Gasteiger partial charge in [0, 0.05) is 7.11 Å². The fraction of sp³-hybridized carbons (Fsp3) is 0.857. The number of rotatable bonds is 4. The summed E-state index contributed by atoms with van der Waals surface area (Å²) in [7, 11) is 1.73. The fourth-order valence-corrected chi connectivity index (χ4v) is 0.528. The van der Waals surface area contributed by atoms with E-state index in [4.69, 9.17) is 4.74 Å². The highest BCUT2D eigenvalue weighted by Crippen LogP contribution is 2.08. The maximum Gasteiger partial charge on any atom is 0.0936 e. The Morgan fingerprint density at radius 1 is 1.50 bits per heavy atom. The van der Waals surface area contributed by atoms with Crippen LogP contribution in [-0.2, 0) is 4.74 Å². The van der Waals surface area contributed by atoms with E-state index in [1.807, 2.05) is 6.92 Å². The summed E-state index contributed by atoms with van der Waals surface area (Å²) in [6.45, 7) is 4.21. The van der Waals surface area contributed by atoms with E-state index < -0.39 is 0 Å². The third-order valence-corrected chi connectivity index (χ3v) is 1.23. The topological polar surface area (TPSA) is 9.23 Å². The summed E-state index contributed by atoms with van der Waals surface area (Å²) in [5, 5.41) is 0. The van der Waals surface area contributed by atoms with Crippen molar-refractivity contribution < 1.29 is 4.74 Å². The van der Waals surface area contributed by atoms with Crippen LogP contribution in [0.15, 0.2) is 0 Å². The third kappa shape index (κ3) is 4.13. The molecule has 0 unspecified atom stereocenters. The minimum absolute atomic E-state index is 1.12. The van der Waals surface area contributed by atoms with E-state index in [-0.39, 0.29) is 0 Å². The summed E-state index contributed by atoms with van der Waals surface area (Å²) in [6.07, 6.45) is 4.76. The molecule has 49 valence electrons. The largest absolute Gasteiger partial charge is 0.376 e. The highest BCUT2D eigenvalue weighted by atomic mass is 16.5. The van der Waals surface area contributed by atoms with Gasteiger partial charge in [-0.05, 0) is 13.3 Å². The van der Waals surface area contributed by atoms with E-state index >= 15 is 0 Å². The molecule has 0 spiro atoms. The highest BCUT2D eigenvalue weighted by Gasteiger charge is 1.96. The summed E-state index contributed by atoms with van der Waals surface area (Å²) in [6, 6.07) is 0. The molecule has 0 fully saturated rings. The molecule has 0 aliphatic rings. The van der Waals surface area contributed by atoms with Crippen LogP contribution in [0.1, 0.15) is 33.1 Å². The normalized spacial score (nSPS) is 10.5. The highest BCUT2D eigenvalue weighted by molar-refractivity contribution is 4.68. The Morgan fingerprint density at radius 2 is 2.12 bits per heavy atom. The third-order valence-electron chi connectivity index (χ3n) is 1.23. The summed E-state index contributed by atoms with van der Waals surface area (Å²) in [5.74, 6) is 0. The molecule has 1 radical (unpaired) electrons. The number of methoxy groups -OCH3 is 1. The number of hydrogen-bond donors (Lipinski definition) is 0. The van der Waals surface area contributed by atoms with Gasteiger partial charge in [-0.3, -0.25) is 0 Å². The lowest BCUT2D eigenvalue weighted by Crippen LogP contribution is -1.92. The van der Waals surface area contributed by atoms with Crippen LogP contribution in [0.5, 0.6) is 0 Å². The fourth-order valence-electron chi connectivity index (χ4n) is 0.528. The molecule has 0 aliphatic carbocycles. The van der Waals surface area contributed by atoms with Crippen molar-refractivity contribution in [2.45, 2.75) is 33.1 Å². The zero-order chi connectivity index (χ0) is 6.41. The first-order valence-electron chi connectivity index (χ1n) is 3.17. The van der Waals surface area contributed by atoms with Crippen molar-refractivity contribution in [2.24, 2.45) is 0 Å². The Morgan fingerprint density at radius 3 is 2.50 bits per heavy atom. The molecule has 1 nitrogen and oxygen atoms in total. The Labute approximate surface area is 52.0 Å². The van der Waals surface area contributed by atoms with Crippen molar-refractivity contribution in [3.05, 3.63) is 6.10 Å². The molecule has 0 bridgehead atoms. The minimum atomic E-state index is 1.12. The quantitative estimate of drug-likeness (QED) is 0.546. The van der Waals surface area contributed by atoms with Crippen LogP contribution >= 0.6 is 0 Å². The average Bonchev–Trinajstić information content (AvgIpc) is 1.83. The van der Waals surface area contributed by atoms with E-state index in [0.29, 0.717) is 0 Å². The molecule has 0 saturated heterocycles. The number of unbranched alkanes of at least 4 members (excludes halogenated alkanes) is 1. The van der Waals surface area contributed by atoms with Crippen LogP contribution in [0.3, 0.4) is 0 Å². The molecule has 8 heavy (non-hydrogen) atoms. The molecule has 0 amide bonds. The second-order valence-electron chi connectivity index (χ2n) is 2.01. The predicted octanol–water partition coefficient (Wildman–Crippen LogP) is 2.37. The van der Waals surface area contributed by atoms with Crippen molar-refractivity contribution in [2.75, 3.05) is 7.11 Å². The Balaban J connectivity index is 2.86. The van der Waals surface area contributed by atoms with E-state index in [0.717, 1.165) is 12.5 Å². The molecular formula is C7H15O. The summed E-state index contributed by atoms with van der Waals surface area (Å²) in [4.78, 5) is 0. The second-order valence-corrected chi connectivity index (χ2v) is 2.01. The summed E-state index contributed by atoms with van der Waals surface area (Å²) < 4.78 is 4.97. The lowest BCUT2D eigenvalue weighted by atomic mass is 10.2. The van der Waals surface area contributed by atoms with Crippen LogP contribution in [0.25, 0.3) is 0 Å². The van der Waals surface area contributed by atoms with Gasteiger partial charge in [0.05, 0.1) is 6.10 Å². The van der Waals surface area contributed by atoms with Crippen molar-refractivity contribution in [3.63, 3.8) is 0 Å². The Hall–Kier alpha value is -0.0400. The van der Waals surface area contributed by atoms with Gasteiger partial charge >= 0.3 is 0 Å². The van der Waals surface area contributed by atoms with Crippen LogP contribution < -0.4 is 0 Å². The minimum Gasteiger partial charge on any atom is -0.376 e. The Kier molecular flexibility index (Phi) is 5.08. The molecule has 0 aromatic heterocycles. The smallest absolute Gasteiger partial charge is 0.0936 e. The molecule has 0 rings (SSSR count). The van der Waals surface area contributed by atoms with Crippen molar-refractivity contribution >= 4 is 0 Å². The zero-order valence-corrected chi connectivity index (χ0v) is 6.03. The lowest BCUT2D eigenvalue weighted by Gasteiger charge is -2.04. The molecule has 1 heteroatoms. The van der Waals surface area contributed by atoms with Gasteiger partial charge in [-0.1, -0.05) is 19.8 Å². The van der Waals surface area contributed by atoms with Crippen LogP contribution in [-0.4, -0.2) is 7.11 Å². The van der Waals surface area contributed by atoms with Crippen LogP contribution in [0, 0.1) is 6.10 Å². The second kappa shape index (κ2) is 5.10. The molecule has 0 aromatic rings. The van der Waals surface area contributed by atoms with Gasteiger partial charge in [-0.25, -0.2) is 0 Å². The van der Waals surface area contributed by atoms with Crippen molar-refractivity contribution in [1.29, 1.82) is 0 Å². The monoisotopic (exact) mass is 115 g/mol. The van der Waals surface area contributed by atoms with Gasteiger partial charge in [-0.15, -0.1) is 0 Å². The first kappa shape index (κ1) is 7.96. The van der Waals surface area contributed by atoms with Gasteiger partial charge in [-0.2, -0.15) is 0 Å². The Bertz CT molecular complexity index is 43.7. The first-order valence-corrected chi connectivity index (χ1v) is 3.17. The SMILES string of the molecule is CCCC[C](C)OC. The van der Waals surface area contributed by atoms with E-state index in [1.54, 1.807) is 7.11 Å². The zero-order valence-electron chi connectivity index (χ0n) is 6.03. The van der Waals surface area contributed by atoms with Crippen LogP contribution in [0.2, 0.25) is 0 Å². The van der Waals surface area contributed by atoms with E-state index in [1.165, 1.54) is 12.8 Å². The molecule has 0 aliphatic heterocycles. The molecular weight excluding hydrogens is 100 g/mol. The molecule has 0 atom stereocenters. The van der Waals surface area contributed by atoms with Gasteiger partial charge in [0.2, 0.25) is 0 Å². The van der Waals surface area contributed by atoms with E-state index in [9.17, 15) is 0 Å². The van der Waals surface area contributed by atoms with Gasteiger partial charge in [0.1, 0.15) is 0 Å². The average molecular weight is 115 g/mol. The summed E-state index contributed by atoms with van der Waals surface area (Å²) >= 11 is 0. The number of ether oxygens (including phenoxy) is 1.